The summed E-state index contributed by atoms with van der Waals surface area (Å²) in [6, 6.07) is 10.8. The minimum absolute atomic E-state index is 0.695. The number of nitrogens with one attached hydrogen (secondary N) is 1. The van der Waals surface area contributed by atoms with Gasteiger partial charge < -0.3 is 10.1 Å². The molecule has 0 spiro atoms. The van der Waals surface area contributed by atoms with Crippen LogP contribution in [-0.2, 0) is 0 Å². The lowest BCUT2D eigenvalue weighted by Crippen LogP contribution is -2.52. The third-order valence-corrected chi connectivity index (χ3v) is 3.82. The van der Waals surface area contributed by atoms with Crippen LogP contribution < -0.4 is 10.1 Å². The number of hydrogen-bond acceptors (Lipinski definition) is 3. The molecule has 1 heterocycles. The molecule has 0 bridgehead atoms. The molecule has 112 valence electrons. The SMILES string of the molecule is CC(C)CC1CNCCN1CCCOc1ccccc1. The molecule has 1 atom stereocenters. The van der Waals surface area contributed by atoms with Crippen LogP contribution in [0.1, 0.15) is 26.7 Å². The minimum Gasteiger partial charge on any atom is -0.494 e. The van der Waals surface area contributed by atoms with E-state index in [1.807, 2.05) is 30.3 Å². The van der Waals surface area contributed by atoms with Gasteiger partial charge in [-0.05, 0) is 30.9 Å². The van der Waals surface area contributed by atoms with Gasteiger partial charge in [-0.1, -0.05) is 32.0 Å². The summed E-state index contributed by atoms with van der Waals surface area (Å²) >= 11 is 0. The van der Waals surface area contributed by atoms with Crippen LogP contribution in [-0.4, -0.2) is 43.7 Å². The van der Waals surface area contributed by atoms with Gasteiger partial charge in [0.05, 0.1) is 6.61 Å². The first-order valence-electron chi connectivity index (χ1n) is 7.88. The first-order valence-corrected chi connectivity index (χ1v) is 7.88. The number of rotatable bonds is 7. The second-order valence-electron chi connectivity index (χ2n) is 6.04. The summed E-state index contributed by atoms with van der Waals surface area (Å²) in [5, 5.41) is 3.51. The molecule has 3 heteroatoms. The van der Waals surface area contributed by atoms with Crippen LogP contribution in [0.3, 0.4) is 0 Å². The first kappa shape index (κ1) is 15.3. The van der Waals surface area contributed by atoms with Gasteiger partial charge in [0, 0.05) is 32.2 Å². The van der Waals surface area contributed by atoms with Crippen molar-refractivity contribution in [2.75, 3.05) is 32.8 Å². The second kappa shape index (κ2) is 8.28. The molecule has 1 N–H and O–H groups in total. The van der Waals surface area contributed by atoms with Crippen molar-refractivity contribution in [2.45, 2.75) is 32.7 Å². The molecule has 0 aromatic heterocycles. The van der Waals surface area contributed by atoms with Gasteiger partial charge in [-0.2, -0.15) is 0 Å². The van der Waals surface area contributed by atoms with Crippen LogP contribution in [0.25, 0.3) is 0 Å². The van der Waals surface area contributed by atoms with E-state index in [1.165, 1.54) is 13.0 Å². The molecule has 1 aliphatic heterocycles. The smallest absolute Gasteiger partial charge is 0.119 e. The Kier molecular flexibility index (Phi) is 6.34. The van der Waals surface area contributed by atoms with Gasteiger partial charge in [0.25, 0.3) is 0 Å². The number of benzene rings is 1. The van der Waals surface area contributed by atoms with Crippen molar-refractivity contribution in [1.29, 1.82) is 0 Å². The molecule has 0 amide bonds. The Morgan fingerprint density at radius 1 is 1.30 bits per heavy atom. The zero-order valence-corrected chi connectivity index (χ0v) is 12.8. The summed E-state index contributed by atoms with van der Waals surface area (Å²) in [5.74, 6) is 1.74. The average Bonchev–Trinajstić information content (AvgIpc) is 2.46. The third kappa shape index (κ3) is 5.14. The van der Waals surface area contributed by atoms with E-state index in [2.05, 4.69) is 24.1 Å². The Morgan fingerprint density at radius 2 is 2.10 bits per heavy atom. The molecule has 20 heavy (non-hydrogen) atoms. The monoisotopic (exact) mass is 276 g/mol. The molecule has 1 fully saturated rings. The summed E-state index contributed by atoms with van der Waals surface area (Å²) in [6.07, 6.45) is 2.38. The van der Waals surface area contributed by atoms with E-state index in [0.29, 0.717) is 6.04 Å². The quantitative estimate of drug-likeness (QED) is 0.775. The number of ether oxygens (including phenoxy) is 1. The third-order valence-electron chi connectivity index (χ3n) is 3.82. The van der Waals surface area contributed by atoms with Crippen LogP contribution in [0.15, 0.2) is 30.3 Å². The minimum atomic E-state index is 0.695. The van der Waals surface area contributed by atoms with Gasteiger partial charge in [0.2, 0.25) is 0 Å². The molecule has 1 unspecified atom stereocenters. The predicted molar refractivity (Wildman–Crippen MR) is 84.2 cm³/mol. The molecule has 0 saturated carbocycles. The average molecular weight is 276 g/mol. The van der Waals surface area contributed by atoms with E-state index in [1.54, 1.807) is 0 Å². The fraction of sp³-hybridized carbons (Fsp3) is 0.647. The van der Waals surface area contributed by atoms with Crippen LogP contribution in [0.4, 0.5) is 0 Å². The summed E-state index contributed by atoms with van der Waals surface area (Å²) in [7, 11) is 0. The molecular formula is C17H28N2O. The fourth-order valence-corrected chi connectivity index (χ4v) is 2.85. The topological polar surface area (TPSA) is 24.5 Å². The highest BCUT2D eigenvalue weighted by Crippen LogP contribution is 2.14. The molecule has 1 saturated heterocycles. The van der Waals surface area contributed by atoms with Crippen molar-refractivity contribution in [3.63, 3.8) is 0 Å². The zero-order chi connectivity index (χ0) is 14.2. The van der Waals surface area contributed by atoms with E-state index in [-0.39, 0.29) is 0 Å². The maximum Gasteiger partial charge on any atom is 0.119 e. The Labute approximate surface area is 123 Å². The van der Waals surface area contributed by atoms with Crippen LogP contribution in [0.5, 0.6) is 5.75 Å². The predicted octanol–water partition coefficient (Wildman–Crippen LogP) is 2.78. The summed E-state index contributed by atoms with van der Waals surface area (Å²) in [6.45, 7) is 10.00. The maximum atomic E-state index is 5.77. The summed E-state index contributed by atoms with van der Waals surface area (Å²) < 4.78 is 5.77. The lowest BCUT2D eigenvalue weighted by Gasteiger charge is -2.37. The number of para-hydroxylation sites is 1. The highest BCUT2D eigenvalue weighted by atomic mass is 16.5. The lowest BCUT2D eigenvalue weighted by molar-refractivity contribution is 0.132. The van der Waals surface area contributed by atoms with Gasteiger partial charge in [-0.25, -0.2) is 0 Å². The summed E-state index contributed by atoms with van der Waals surface area (Å²) in [4.78, 5) is 2.63. The van der Waals surface area contributed by atoms with Gasteiger partial charge in [-0.3, -0.25) is 4.90 Å². The van der Waals surface area contributed by atoms with Gasteiger partial charge in [0.15, 0.2) is 0 Å². The highest BCUT2D eigenvalue weighted by molar-refractivity contribution is 5.20. The van der Waals surface area contributed by atoms with Crippen molar-refractivity contribution >= 4 is 0 Å². The van der Waals surface area contributed by atoms with E-state index in [9.17, 15) is 0 Å². The molecule has 1 aromatic carbocycles. The Hall–Kier alpha value is -1.06. The van der Waals surface area contributed by atoms with Crippen LogP contribution >= 0.6 is 0 Å². The number of hydrogen-bond donors (Lipinski definition) is 1. The van der Waals surface area contributed by atoms with Crippen molar-refractivity contribution in [3.05, 3.63) is 30.3 Å². The van der Waals surface area contributed by atoms with Crippen LogP contribution in [0, 0.1) is 5.92 Å². The Balaban J connectivity index is 1.69. The van der Waals surface area contributed by atoms with Crippen molar-refractivity contribution in [1.82, 2.24) is 10.2 Å². The van der Waals surface area contributed by atoms with E-state index >= 15 is 0 Å². The summed E-state index contributed by atoms with van der Waals surface area (Å²) in [5.41, 5.74) is 0. The molecule has 0 radical (unpaired) electrons. The maximum absolute atomic E-state index is 5.77. The number of piperazine rings is 1. The van der Waals surface area contributed by atoms with E-state index < -0.39 is 0 Å². The second-order valence-corrected chi connectivity index (χ2v) is 6.04. The lowest BCUT2D eigenvalue weighted by atomic mass is 10.0. The fourth-order valence-electron chi connectivity index (χ4n) is 2.85. The molecule has 1 aliphatic rings. The Morgan fingerprint density at radius 3 is 2.85 bits per heavy atom. The zero-order valence-electron chi connectivity index (χ0n) is 12.8. The highest BCUT2D eigenvalue weighted by Gasteiger charge is 2.22. The molecule has 3 nitrogen and oxygen atoms in total. The van der Waals surface area contributed by atoms with Crippen molar-refractivity contribution < 1.29 is 4.74 Å². The molecule has 1 aromatic rings. The van der Waals surface area contributed by atoms with Gasteiger partial charge in [-0.15, -0.1) is 0 Å². The first-order chi connectivity index (χ1) is 9.75. The molecule has 2 rings (SSSR count). The van der Waals surface area contributed by atoms with Crippen LogP contribution in [0.2, 0.25) is 0 Å². The van der Waals surface area contributed by atoms with Gasteiger partial charge >= 0.3 is 0 Å². The van der Waals surface area contributed by atoms with Crippen molar-refractivity contribution in [3.8, 4) is 5.75 Å². The Bertz CT molecular complexity index is 367. The largest absolute Gasteiger partial charge is 0.494 e. The van der Waals surface area contributed by atoms with Crippen molar-refractivity contribution in [2.24, 2.45) is 5.92 Å². The van der Waals surface area contributed by atoms with E-state index in [0.717, 1.165) is 44.3 Å². The molecule has 0 aliphatic carbocycles. The van der Waals surface area contributed by atoms with Gasteiger partial charge in [0.1, 0.15) is 5.75 Å². The van der Waals surface area contributed by atoms with E-state index in [4.69, 9.17) is 4.74 Å². The standard InChI is InChI=1S/C17H28N2O/c1-15(2)13-16-14-18-9-11-19(16)10-6-12-20-17-7-4-3-5-8-17/h3-5,7-8,15-16,18H,6,9-14H2,1-2H3. The number of nitrogens with zero attached hydrogens (tertiary/aromatic N) is 1. The normalized spacial score (nSPS) is 20.2. The molecular weight excluding hydrogens is 248 g/mol.